The Balaban J connectivity index is 0.0000119. The van der Waals surface area contributed by atoms with Crippen LogP contribution < -0.4 is 180 Å². The molecule has 0 aliphatic carbocycles. The molecule has 0 atom stereocenters. The summed E-state index contributed by atoms with van der Waals surface area (Å²) in [5.41, 5.74) is 8.58. The zero-order valence-corrected chi connectivity index (χ0v) is 57.4. The van der Waals surface area contributed by atoms with E-state index in [2.05, 4.69) is 63.7 Å². The van der Waals surface area contributed by atoms with Gasteiger partial charge in [0.15, 0.2) is 32.0 Å². The average molecular weight is 1290 g/mol. The van der Waals surface area contributed by atoms with Crippen molar-refractivity contribution >= 4 is 144 Å². The van der Waals surface area contributed by atoms with Crippen LogP contribution in [-0.4, -0.2) is 102 Å². The number of nitrogens with zero attached hydrogens (tertiary/aromatic N) is 8. The standard InChI is InChI=1S/C33H34ClN11O21S7.5Na/c1-2-45(19-4-6-20(7-5-19)69(48,49)13-11-61-68-66-64-47)33-39-31(34)38-32(40-33)37-18-3-10-25(67-65-63-46)23(15-18)42-44-30-28(35)24(17-27(29(30)36)72(55,56)57)43-41-22-9-8-21(16-26(22)71(52,53)54)70(50,51)14-12-62-73(58,59)60;;;;;/h3-10,15-17,46-47H,2,11-14,35-36H2,1H3,(H,52,53,54)(H,55,56,57)(H,58,59,60)(H,37,38,39,40);;;;;/q;5*+1/p-5. The second-order valence-corrected chi connectivity index (χ2v) is 22.9. The van der Waals surface area contributed by atoms with Crippen LogP contribution in [0.2, 0.25) is 5.28 Å². The van der Waals surface area contributed by atoms with Crippen molar-refractivity contribution in [2.45, 2.75) is 31.4 Å². The first-order valence-corrected chi connectivity index (χ1v) is 28.2. The summed E-state index contributed by atoms with van der Waals surface area (Å²) in [4.78, 5) is 10.7. The minimum absolute atomic E-state index is 0. The SMILES string of the molecule is CCN(c1ccc(S(=O)(=O)CCOSOO[O-])cc1)c1nc(Cl)nc(Nc2ccc(SOO[O-])c(N=Nc3c(N)c(N=Nc4ccc(S(=O)(=O)CCOS(=O)(=O)[O-])cc4S(=O)(=O)[O-])cc(S(=O)(=O)[O-])c3N)c2)n1.[Na+].[Na+].[Na+].[Na+].[Na+]. The van der Waals surface area contributed by atoms with E-state index in [4.69, 9.17) is 27.3 Å². The summed E-state index contributed by atoms with van der Waals surface area (Å²) in [6, 6.07) is 11.7. The minimum Gasteiger partial charge on any atom is -0.744 e. The molecule has 0 spiro atoms. The zero-order chi connectivity index (χ0) is 53.9. The number of nitrogens with two attached hydrogens (primary N) is 2. The summed E-state index contributed by atoms with van der Waals surface area (Å²) in [7, 11) is -24.9. The normalized spacial score (nSPS) is 11.9. The number of benzene rings is 4. The van der Waals surface area contributed by atoms with Crippen molar-refractivity contribution in [1.29, 1.82) is 0 Å². The molecular formula is C33H29ClN11Na5O21S7. The van der Waals surface area contributed by atoms with Crippen LogP contribution in [0, 0.1) is 0 Å². The van der Waals surface area contributed by atoms with E-state index < -0.39 is 112 Å². The van der Waals surface area contributed by atoms with Crippen LogP contribution in [0.3, 0.4) is 0 Å². The Morgan fingerprint density at radius 1 is 0.654 bits per heavy atom. The summed E-state index contributed by atoms with van der Waals surface area (Å²) in [6.07, 6.45) is 0. The Kier molecular flexibility index (Phi) is 34.3. The molecule has 32 nitrogen and oxygen atoms in total. The van der Waals surface area contributed by atoms with E-state index in [0.717, 1.165) is 0 Å². The van der Waals surface area contributed by atoms with E-state index in [1.54, 1.807) is 6.92 Å². The van der Waals surface area contributed by atoms with Gasteiger partial charge in [0.2, 0.25) is 27.6 Å². The fourth-order valence-corrected chi connectivity index (χ4v) is 10.5. The Hall–Kier alpha value is -0.410. The van der Waals surface area contributed by atoms with E-state index >= 15 is 0 Å². The van der Waals surface area contributed by atoms with Gasteiger partial charge in [-0.2, -0.15) is 19.3 Å². The first-order chi connectivity index (χ1) is 34.2. The molecule has 5 N–H and O–H groups in total. The molecule has 0 saturated carbocycles. The summed E-state index contributed by atoms with van der Waals surface area (Å²) in [5.74, 6) is -1.84. The molecule has 0 amide bonds. The number of nitrogens with one attached hydrogen (secondary N) is 1. The molecule has 396 valence electrons. The molecule has 1 aromatic heterocycles. The van der Waals surface area contributed by atoms with E-state index in [1.807, 2.05) is 0 Å². The number of rotatable bonds is 26. The average Bonchev–Trinajstić information content (AvgIpc) is 3.30. The summed E-state index contributed by atoms with van der Waals surface area (Å²) < 4.78 is 174. The third-order valence-corrected chi connectivity index (χ3v) is 15.6. The van der Waals surface area contributed by atoms with E-state index in [9.17, 15) is 66.3 Å². The number of hydrogen-bond acceptors (Lipinski definition) is 34. The number of anilines is 6. The van der Waals surface area contributed by atoms with E-state index in [-0.39, 0.29) is 212 Å². The van der Waals surface area contributed by atoms with Crippen LogP contribution >= 0.6 is 36.0 Å². The molecule has 5 rings (SSSR count). The predicted octanol–water partition coefficient (Wildman–Crippen LogP) is -12.7. The minimum atomic E-state index is -5.60. The van der Waals surface area contributed by atoms with Crippen LogP contribution in [0.5, 0.6) is 0 Å². The second kappa shape index (κ2) is 34.5. The number of halogens is 1. The van der Waals surface area contributed by atoms with Gasteiger partial charge in [-0.1, -0.05) is 0 Å². The Morgan fingerprint density at radius 3 is 1.82 bits per heavy atom. The molecule has 0 unspecified atom stereocenters. The second-order valence-electron chi connectivity index (χ2n) is 13.4. The molecule has 0 bridgehead atoms. The van der Waals surface area contributed by atoms with Gasteiger partial charge in [-0.25, -0.2) is 42.1 Å². The Bertz CT molecular complexity index is 3500. The molecule has 4 aromatic carbocycles. The van der Waals surface area contributed by atoms with Crippen molar-refractivity contribution in [2.24, 2.45) is 20.5 Å². The maximum atomic E-state index is 12.8. The smallest absolute Gasteiger partial charge is 0.744 e. The summed E-state index contributed by atoms with van der Waals surface area (Å²) in [5, 5.41) is 44.8. The number of aromatic nitrogens is 3. The molecule has 45 heteroatoms. The van der Waals surface area contributed by atoms with Crippen molar-refractivity contribution in [1.82, 2.24) is 15.0 Å². The van der Waals surface area contributed by atoms with Crippen molar-refractivity contribution in [3.05, 3.63) is 72.0 Å². The Morgan fingerprint density at radius 2 is 1.23 bits per heavy atom. The molecule has 0 aliphatic heterocycles. The Labute approximate surface area is 568 Å². The third-order valence-electron chi connectivity index (χ3n) is 8.82. The van der Waals surface area contributed by atoms with Gasteiger partial charge in [-0.05, 0) is 85.3 Å². The van der Waals surface area contributed by atoms with E-state index in [0.29, 0.717) is 42.0 Å². The maximum Gasteiger partial charge on any atom is 1.00 e. The monoisotopic (exact) mass is 1290 g/mol. The quantitative estimate of drug-likeness (QED) is 0.00533. The van der Waals surface area contributed by atoms with Crippen molar-refractivity contribution in [3.63, 3.8) is 0 Å². The molecule has 78 heavy (non-hydrogen) atoms. The fourth-order valence-electron chi connectivity index (χ4n) is 5.65. The number of azo groups is 2. The van der Waals surface area contributed by atoms with Gasteiger partial charge in [0, 0.05) is 17.9 Å². The molecule has 0 aliphatic rings. The van der Waals surface area contributed by atoms with Gasteiger partial charge in [-0.3, -0.25) is 18.4 Å². The van der Waals surface area contributed by atoms with Gasteiger partial charge >= 0.3 is 148 Å². The van der Waals surface area contributed by atoms with Crippen LogP contribution in [-0.2, 0) is 77.4 Å². The van der Waals surface area contributed by atoms with Gasteiger partial charge in [0.1, 0.15) is 43.0 Å². The van der Waals surface area contributed by atoms with Crippen molar-refractivity contribution in [3.8, 4) is 0 Å². The van der Waals surface area contributed by atoms with Gasteiger partial charge in [0.05, 0.1) is 72.6 Å². The zero-order valence-electron chi connectivity index (χ0n) is 40.9. The van der Waals surface area contributed by atoms with Crippen LogP contribution in [0.4, 0.5) is 57.4 Å². The van der Waals surface area contributed by atoms with Crippen LogP contribution in [0.1, 0.15) is 6.92 Å². The third kappa shape index (κ3) is 22.9. The predicted molar refractivity (Wildman–Crippen MR) is 243 cm³/mol. The molecule has 0 saturated heterocycles. The number of nitrogen functional groups attached to an aromatic ring is 2. The van der Waals surface area contributed by atoms with E-state index in [1.165, 1.54) is 47.4 Å². The van der Waals surface area contributed by atoms with Crippen LogP contribution in [0.15, 0.2) is 112 Å². The van der Waals surface area contributed by atoms with Crippen molar-refractivity contribution < 1.29 is 241 Å². The van der Waals surface area contributed by atoms with Gasteiger partial charge < -0.3 is 45.9 Å². The molecule has 1 heterocycles. The fraction of sp³-hybridized carbons (Fsp3) is 0.182. The summed E-state index contributed by atoms with van der Waals surface area (Å²) >= 11 is 6.74. The summed E-state index contributed by atoms with van der Waals surface area (Å²) in [6.45, 7) is 0.421. The largest absolute Gasteiger partial charge is 1.00 e. The van der Waals surface area contributed by atoms with Crippen LogP contribution in [0.25, 0.3) is 0 Å². The van der Waals surface area contributed by atoms with Crippen molar-refractivity contribution in [2.75, 3.05) is 52.9 Å². The molecule has 5 aromatic rings. The maximum absolute atomic E-state index is 12.8. The molecule has 0 radical (unpaired) electrons. The molecular weight excluding hydrogens is 1260 g/mol. The molecule has 0 fully saturated rings. The first kappa shape index (κ1) is 77.6. The van der Waals surface area contributed by atoms with Gasteiger partial charge in [0.25, 0.3) is 0 Å². The number of sulfone groups is 2. The topological polar surface area (TPSA) is 497 Å². The number of hydrogen-bond donors (Lipinski definition) is 3. The van der Waals surface area contributed by atoms with Gasteiger partial charge in [-0.15, -0.1) is 24.8 Å². The first-order valence-electron chi connectivity index (χ1n) is 18.9.